The van der Waals surface area contributed by atoms with Gasteiger partial charge < -0.3 is 10.5 Å². The van der Waals surface area contributed by atoms with Crippen molar-refractivity contribution in [2.45, 2.75) is 13.0 Å². The Balaban J connectivity index is 2.50. The Labute approximate surface area is 66.0 Å². The number of rotatable bonds is 1. The van der Waals surface area contributed by atoms with Crippen LogP contribution in [-0.2, 0) is 13.0 Å². The maximum atomic E-state index is 5.55. The van der Waals surface area contributed by atoms with Gasteiger partial charge in [-0.1, -0.05) is 12.1 Å². The Kier molecular flexibility index (Phi) is 1.55. The van der Waals surface area contributed by atoms with Crippen LogP contribution in [0.5, 0.6) is 5.75 Å². The van der Waals surface area contributed by atoms with Crippen LogP contribution < -0.4 is 10.5 Å². The van der Waals surface area contributed by atoms with Crippen molar-refractivity contribution in [1.29, 1.82) is 0 Å². The summed E-state index contributed by atoms with van der Waals surface area (Å²) in [6.07, 6.45) is 0.985. The molecule has 1 radical (unpaired) electrons. The second kappa shape index (κ2) is 2.55. The van der Waals surface area contributed by atoms with Gasteiger partial charge in [-0.15, -0.1) is 0 Å². The lowest BCUT2D eigenvalue weighted by Gasteiger charge is -2.01. The first-order valence-corrected chi connectivity index (χ1v) is 3.77. The summed E-state index contributed by atoms with van der Waals surface area (Å²) < 4.78 is 5.33. The van der Waals surface area contributed by atoms with Gasteiger partial charge in [0.05, 0.1) is 6.61 Å². The van der Waals surface area contributed by atoms with Crippen molar-refractivity contribution < 1.29 is 4.74 Å². The van der Waals surface area contributed by atoms with Gasteiger partial charge in [-0.05, 0) is 5.56 Å². The smallest absolute Gasteiger partial charge is 0.130 e. The van der Waals surface area contributed by atoms with Crippen molar-refractivity contribution in [3.05, 3.63) is 29.3 Å². The minimum absolute atomic E-state index is 0.598. The summed E-state index contributed by atoms with van der Waals surface area (Å²) in [6, 6.07) is 6.92. The first-order valence-electron chi connectivity index (χ1n) is 3.77. The molecule has 2 rings (SSSR count). The van der Waals surface area contributed by atoms with Crippen molar-refractivity contribution >= 4 is 0 Å². The zero-order valence-electron chi connectivity index (χ0n) is 6.26. The lowest BCUT2D eigenvalue weighted by atomic mass is 10.1. The summed E-state index contributed by atoms with van der Waals surface area (Å²) in [4.78, 5) is 0. The summed E-state index contributed by atoms with van der Waals surface area (Å²) >= 11 is 0. The normalized spacial score (nSPS) is 14.3. The predicted octanol–water partition coefficient (Wildman–Crippen LogP) is 0.880. The second-order valence-corrected chi connectivity index (χ2v) is 2.61. The molecule has 0 saturated carbocycles. The molecule has 2 heteroatoms. The third-order valence-corrected chi connectivity index (χ3v) is 1.98. The third kappa shape index (κ3) is 0.994. The summed E-state index contributed by atoms with van der Waals surface area (Å²) in [5.74, 6) is 0.896. The van der Waals surface area contributed by atoms with Gasteiger partial charge in [-0.2, -0.15) is 0 Å². The average Bonchev–Trinajstić information content (AvgIpc) is 2.50. The highest BCUT2D eigenvalue weighted by atomic mass is 16.5. The van der Waals surface area contributed by atoms with Crippen LogP contribution in [0.25, 0.3) is 0 Å². The second-order valence-electron chi connectivity index (χ2n) is 2.61. The summed E-state index contributed by atoms with van der Waals surface area (Å²) in [5, 5.41) is 0. The topological polar surface area (TPSA) is 35.2 Å². The van der Waals surface area contributed by atoms with Gasteiger partial charge in [0.25, 0.3) is 0 Å². The van der Waals surface area contributed by atoms with E-state index in [1.807, 2.05) is 12.1 Å². The van der Waals surface area contributed by atoms with Gasteiger partial charge in [0.2, 0.25) is 0 Å². The molecule has 1 aliphatic heterocycles. The predicted molar refractivity (Wildman–Crippen MR) is 42.4 cm³/mol. The van der Waals surface area contributed by atoms with Crippen molar-refractivity contribution in [1.82, 2.24) is 0 Å². The van der Waals surface area contributed by atoms with E-state index in [0.29, 0.717) is 6.54 Å². The molecule has 0 atom stereocenters. The van der Waals surface area contributed by atoms with Crippen LogP contribution in [0.15, 0.2) is 12.1 Å². The first-order chi connectivity index (χ1) is 5.42. The molecule has 1 aromatic carbocycles. The zero-order chi connectivity index (χ0) is 7.68. The Morgan fingerprint density at radius 2 is 2.55 bits per heavy atom. The molecule has 0 aromatic heterocycles. The van der Waals surface area contributed by atoms with Crippen LogP contribution in [0.2, 0.25) is 0 Å². The molecule has 0 amide bonds. The van der Waals surface area contributed by atoms with E-state index in [-0.39, 0.29) is 0 Å². The largest absolute Gasteiger partial charge is 0.492 e. The molecule has 0 unspecified atom stereocenters. The molecule has 1 aliphatic rings. The van der Waals surface area contributed by atoms with Crippen molar-refractivity contribution in [2.24, 2.45) is 5.73 Å². The highest BCUT2D eigenvalue weighted by Gasteiger charge is 2.14. The monoisotopic (exact) mass is 148 g/mol. The molecule has 2 nitrogen and oxygen atoms in total. The lowest BCUT2D eigenvalue weighted by molar-refractivity contribution is 0.356. The number of fused-ring (bicyclic) bond motifs is 1. The van der Waals surface area contributed by atoms with E-state index in [9.17, 15) is 0 Å². The Morgan fingerprint density at radius 1 is 1.64 bits per heavy atom. The lowest BCUT2D eigenvalue weighted by Crippen LogP contribution is -1.99. The van der Waals surface area contributed by atoms with E-state index in [0.717, 1.165) is 18.8 Å². The van der Waals surface area contributed by atoms with Gasteiger partial charge in [0, 0.05) is 24.6 Å². The minimum atomic E-state index is 0.598. The number of nitrogens with two attached hydrogens (primary N) is 1. The quantitative estimate of drug-likeness (QED) is 0.641. The molecule has 0 saturated heterocycles. The van der Waals surface area contributed by atoms with Gasteiger partial charge in [-0.25, -0.2) is 0 Å². The first kappa shape index (κ1) is 6.68. The number of benzene rings is 1. The van der Waals surface area contributed by atoms with Crippen molar-refractivity contribution in [3.63, 3.8) is 0 Å². The molecule has 57 valence electrons. The molecule has 1 aromatic rings. The van der Waals surface area contributed by atoms with Crippen molar-refractivity contribution in [2.75, 3.05) is 6.61 Å². The van der Waals surface area contributed by atoms with Crippen LogP contribution >= 0.6 is 0 Å². The Morgan fingerprint density at radius 3 is 3.36 bits per heavy atom. The molecular weight excluding hydrogens is 138 g/mol. The fourth-order valence-corrected chi connectivity index (χ4v) is 1.40. The Hall–Kier alpha value is -1.02. The van der Waals surface area contributed by atoms with E-state index in [1.54, 1.807) is 0 Å². The maximum absolute atomic E-state index is 5.55. The Bertz CT molecular complexity index is 270. The average molecular weight is 148 g/mol. The number of hydrogen-bond acceptors (Lipinski definition) is 2. The SMILES string of the molecule is NCc1cc[c]c2c1CCO2. The number of hydrogen-bond donors (Lipinski definition) is 1. The molecule has 0 fully saturated rings. The standard InChI is InChI=1S/C9H10NO/c10-6-7-2-1-3-9-8(7)4-5-11-9/h1-2H,4-6,10H2. The number of ether oxygens (including phenoxy) is 1. The van der Waals surface area contributed by atoms with Gasteiger partial charge in [0.1, 0.15) is 5.75 Å². The van der Waals surface area contributed by atoms with E-state index in [4.69, 9.17) is 10.5 Å². The van der Waals surface area contributed by atoms with Crippen LogP contribution in [0.4, 0.5) is 0 Å². The zero-order valence-corrected chi connectivity index (χ0v) is 6.26. The van der Waals surface area contributed by atoms with E-state index >= 15 is 0 Å². The van der Waals surface area contributed by atoms with Gasteiger partial charge in [0.15, 0.2) is 0 Å². The van der Waals surface area contributed by atoms with Crippen LogP contribution in [0.3, 0.4) is 0 Å². The molecule has 0 spiro atoms. The van der Waals surface area contributed by atoms with E-state index in [1.165, 1.54) is 11.1 Å². The van der Waals surface area contributed by atoms with Gasteiger partial charge in [-0.3, -0.25) is 0 Å². The molecule has 11 heavy (non-hydrogen) atoms. The highest BCUT2D eigenvalue weighted by Crippen LogP contribution is 2.26. The van der Waals surface area contributed by atoms with Crippen LogP contribution in [-0.4, -0.2) is 6.61 Å². The summed E-state index contributed by atoms with van der Waals surface area (Å²) in [5.41, 5.74) is 7.99. The van der Waals surface area contributed by atoms with Crippen LogP contribution in [0.1, 0.15) is 11.1 Å². The molecule has 1 heterocycles. The molecule has 2 N–H and O–H groups in total. The fourth-order valence-electron chi connectivity index (χ4n) is 1.40. The summed E-state index contributed by atoms with van der Waals surface area (Å²) in [7, 11) is 0. The van der Waals surface area contributed by atoms with E-state index < -0.39 is 0 Å². The minimum Gasteiger partial charge on any atom is -0.492 e. The van der Waals surface area contributed by atoms with E-state index in [2.05, 4.69) is 6.07 Å². The summed E-state index contributed by atoms with van der Waals surface area (Å²) in [6.45, 7) is 1.38. The van der Waals surface area contributed by atoms with Crippen molar-refractivity contribution in [3.8, 4) is 5.75 Å². The van der Waals surface area contributed by atoms with Crippen LogP contribution in [0, 0.1) is 6.07 Å². The van der Waals surface area contributed by atoms with Gasteiger partial charge >= 0.3 is 0 Å². The molecule has 0 aliphatic carbocycles. The third-order valence-electron chi connectivity index (χ3n) is 1.98. The maximum Gasteiger partial charge on any atom is 0.130 e. The molecule has 0 bridgehead atoms. The highest BCUT2D eigenvalue weighted by molar-refractivity contribution is 5.41. The molecular formula is C9H10NO. The fraction of sp³-hybridized carbons (Fsp3) is 0.333.